The Morgan fingerprint density at radius 2 is 2.00 bits per heavy atom. The van der Waals surface area contributed by atoms with Crippen molar-refractivity contribution in [2.24, 2.45) is 5.73 Å². The molecule has 0 spiro atoms. The van der Waals surface area contributed by atoms with Crippen molar-refractivity contribution in [2.45, 2.75) is 18.9 Å². The standard InChI is InChI=1S/C14H18N4O/c15-10-5-7-18(8-6-10)12-9-16-17-14(12)11-3-1-2-4-13(11)19/h1-4,9-10,19H,5-8,15H2,(H,16,17). The summed E-state index contributed by atoms with van der Waals surface area (Å²) < 4.78 is 0. The van der Waals surface area contributed by atoms with E-state index in [1.165, 1.54) is 0 Å². The molecule has 5 heteroatoms. The number of piperidine rings is 1. The molecule has 2 heterocycles. The van der Waals surface area contributed by atoms with Crippen molar-refractivity contribution in [1.82, 2.24) is 10.2 Å². The molecule has 0 amide bonds. The Morgan fingerprint density at radius 3 is 2.74 bits per heavy atom. The van der Waals surface area contributed by atoms with E-state index in [2.05, 4.69) is 15.1 Å². The van der Waals surface area contributed by atoms with Crippen molar-refractivity contribution >= 4 is 5.69 Å². The molecule has 1 fully saturated rings. The van der Waals surface area contributed by atoms with Crippen LogP contribution in [-0.4, -0.2) is 34.4 Å². The number of aromatic amines is 1. The average molecular weight is 258 g/mol. The first-order valence-electron chi connectivity index (χ1n) is 6.58. The summed E-state index contributed by atoms with van der Waals surface area (Å²) in [6.07, 6.45) is 3.80. The molecule has 1 aliphatic heterocycles. The lowest BCUT2D eigenvalue weighted by molar-refractivity contribution is 0.477. The Bertz CT molecular complexity index is 558. The molecular formula is C14H18N4O. The van der Waals surface area contributed by atoms with E-state index in [9.17, 15) is 5.11 Å². The van der Waals surface area contributed by atoms with Gasteiger partial charge in [-0.05, 0) is 25.0 Å². The average Bonchev–Trinajstić information content (AvgIpc) is 2.89. The van der Waals surface area contributed by atoms with Gasteiger partial charge < -0.3 is 15.7 Å². The first-order valence-corrected chi connectivity index (χ1v) is 6.58. The van der Waals surface area contributed by atoms with E-state index in [-0.39, 0.29) is 5.75 Å². The van der Waals surface area contributed by atoms with Gasteiger partial charge in [0, 0.05) is 24.7 Å². The van der Waals surface area contributed by atoms with Crippen molar-refractivity contribution in [1.29, 1.82) is 0 Å². The fourth-order valence-electron chi connectivity index (χ4n) is 2.54. The van der Waals surface area contributed by atoms with Gasteiger partial charge in [-0.3, -0.25) is 5.10 Å². The van der Waals surface area contributed by atoms with Gasteiger partial charge in [0.1, 0.15) is 5.75 Å². The molecule has 0 bridgehead atoms. The number of phenolic OH excluding ortho intramolecular Hbond substituents is 1. The highest BCUT2D eigenvalue weighted by Gasteiger charge is 2.21. The van der Waals surface area contributed by atoms with Crippen LogP contribution in [0.2, 0.25) is 0 Å². The van der Waals surface area contributed by atoms with Crippen LogP contribution in [-0.2, 0) is 0 Å². The summed E-state index contributed by atoms with van der Waals surface area (Å²) in [7, 11) is 0. The molecule has 4 N–H and O–H groups in total. The summed E-state index contributed by atoms with van der Waals surface area (Å²) in [5, 5.41) is 17.1. The van der Waals surface area contributed by atoms with Gasteiger partial charge in [-0.15, -0.1) is 0 Å². The van der Waals surface area contributed by atoms with Gasteiger partial charge >= 0.3 is 0 Å². The van der Waals surface area contributed by atoms with E-state index in [0.717, 1.165) is 42.9 Å². The van der Waals surface area contributed by atoms with Gasteiger partial charge in [0.05, 0.1) is 17.6 Å². The molecule has 0 radical (unpaired) electrons. The maximum atomic E-state index is 9.96. The zero-order chi connectivity index (χ0) is 13.2. The quantitative estimate of drug-likeness (QED) is 0.766. The number of hydrogen-bond acceptors (Lipinski definition) is 4. The largest absolute Gasteiger partial charge is 0.507 e. The monoisotopic (exact) mass is 258 g/mol. The van der Waals surface area contributed by atoms with Crippen molar-refractivity contribution in [3.63, 3.8) is 0 Å². The Balaban J connectivity index is 1.93. The number of aromatic hydroxyl groups is 1. The molecule has 0 aliphatic carbocycles. The smallest absolute Gasteiger partial charge is 0.125 e. The van der Waals surface area contributed by atoms with Gasteiger partial charge in [-0.1, -0.05) is 12.1 Å². The van der Waals surface area contributed by atoms with Crippen molar-refractivity contribution in [2.75, 3.05) is 18.0 Å². The third-order valence-corrected chi connectivity index (χ3v) is 3.67. The highest BCUT2D eigenvalue weighted by molar-refractivity contribution is 5.78. The second-order valence-corrected chi connectivity index (χ2v) is 4.97. The molecule has 1 aromatic carbocycles. The van der Waals surface area contributed by atoms with Gasteiger partial charge in [0.2, 0.25) is 0 Å². The van der Waals surface area contributed by atoms with E-state index < -0.39 is 0 Å². The number of nitrogens with one attached hydrogen (secondary N) is 1. The molecular weight excluding hydrogens is 240 g/mol. The Morgan fingerprint density at radius 1 is 1.26 bits per heavy atom. The normalized spacial score (nSPS) is 16.8. The maximum Gasteiger partial charge on any atom is 0.125 e. The van der Waals surface area contributed by atoms with E-state index in [0.29, 0.717) is 6.04 Å². The van der Waals surface area contributed by atoms with Crippen LogP contribution in [0.25, 0.3) is 11.3 Å². The fourth-order valence-corrected chi connectivity index (χ4v) is 2.54. The van der Waals surface area contributed by atoms with E-state index in [4.69, 9.17) is 5.73 Å². The minimum atomic E-state index is 0.265. The second kappa shape index (κ2) is 4.93. The molecule has 19 heavy (non-hydrogen) atoms. The number of aromatic nitrogens is 2. The van der Waals surface area contributed by atoms with Crippen LogP contribution in [0.4, 0.5) is 5.69 Å². The number of anilines is 1. The van der Waals surface area contributed by atoms with Crippen LogP contribution in [0.3, 0.4) is 0 Å². The minimum absolute atomic E-state index is 0.265. The molecule has 5 nitrogen and oxygen atoms in total. The van der Waals surface area contributed by atoms with Crippen LogP contribution in [0, 0.1) is 0 Å². The Kier molecular flexibility index (Phi) is 3.13. The topological polar surface area (TPSA) is 78.2 Å². The second-order valence-electron chi connectivity index (χ2n) is 4.97. The predicted molar refractivity (Wildman–Crippen MR) is 75.1 cm³/mol. The number of H-pyrrole nitrogens is 1. The highest BCUT2D eigenvalue weighted by atomic mass is 16.3. The minimum Gasteiger partial charge on any atom is -0.507 e. The molecule has 1 aromatic heterocycles. The molecule has 100 valence electrons. The van der Waals surface area contributed by atoms with E-state index in [1.54, 1.807) is 6.07 Å². The number of para-hydroxylation sites is 1. The Labute approximate surface area is 112 Å². The number of benzene rings is 1. The lowest BCUT2D eigenvalue weighted by Gasteiger charge is -2.31. The molecule has 0 atom stereocenters. The first-order chi connectivity index (χ1) is 9.25. The molecule has 1 aliphatic rings. The summed E-state index contributed by atoms with van der Waals surface area (Å²) >= 11 is 0. The van der Waals surface area contributed by atoms with Crippen LogP contribution >= 0.6 is 0 Å². The highest BCUT2D eigenvalue weighted by Crippen LogP contribution is 2.35. The van der Waals surface area contributed by atoms with Gasteiger partial charge in [-0.2, -0.15) is 5.10 Å². The summed E-state index contributed by atoms with van der Waals surface area (Å²) in [6.45, 7) is 1.86. The van der Waals surface area contributed by atoms with Gasteiger partial charge in [0.15, 0.2) is 0 Å². The van der Waals surface area contributed by atoms with Gasteiger partial charge in [-0.25, -0.2) is 0 Å². The molecule has 2 aromatic rings. The van der Waals surface area contributed by atoms with Crippen molar-refractivity contribution in [3.05, 3.63) is 30.5 Å². The van der Waals surface area contributed by atoms with E-state index >= 15 is 0 Å². The number of nitrogens with zero attached hydrogens (tertiary/aromatic N) is 2. The maximum absolute atomic E-state index is 9.96. The van der Waals surface area contributed by atoms with Crippen LogP contribution < -0.4 is 10.6 Å². The van der Waals surface area contributed by atoms with Crippen LogP contribution in [0.1, 0.15) is 12.8 Å². The number of phenols is 1. The zero-order valence-corrected chi connectivity index (χ0v) is 10.7. The molecule has 0 unspecified atom stereocenters. The van der Waals surface area contributed by atoms with Crippen LogP contribution in [0.15, 0.2) is 30.5 Å². The van der Waals surface area contributed by atoms with Crippen LogP contribution in [0.5, 0.6) is 5.75 Å². The predicted octanol–water partition coefficient (Wildman–Crippen LogP) is 1.71. The zero-order valence-electron chi connectivity index (χ0n) is 10.7. The third kappa shape index (κ3) is 2.29. The third-order valence-electron chi connectivity index (χ3n) is 3.67. The summed E-state index contributed by atoms with van der Waals surface area (Å²) in [4.78, 5) is 2.27. The number of rotatable bonds is 2. The van der Waals surface area contributed by atoms with Gasteiger partial charge in [0.25, 0.3) is 0 Å². The summed E-state index contributed by atoms with van der Waals surface area (Å²) in [5.74, 6) is 0.265. The molecule has 1 saturated heterocycles. The number of nitrogens with two attached hydrogens (primary N) is 1. The summed E-state index contributed by atoms with van der Waals surface area (Å²) in [5.41, 5.74) is 8.62. The first kappa shape index (κ1) is 12.0. The summed E-state index contributed by atoms with van der Waals surface area (Å²) in [6, 6.07) is 7.60. The molecule has 3 rings (SSSR count). The SMILES string of the molecule is NC1CCN(c2cn[nH]c2-c2ccccc2O)CC1. The van der Waals surface area contributed by atoms with Crippen molar-refractivity contribution < 1.29 is 5.11 Å². The number of hydrogen-bond donors (Lipinski definition) is 3. The van der Waals surface area contributed by atoms with Crippen molar-refractivity contribution in [3.8, 4) is 17.0 Å². The Hall–Kier alpha value is -2.01. The molecule has 0 saturated carbocycles. The lowest BCUT2D eigenvalue weighted by atomic mass is 10.0. The lowest BCUT2D eigenvalue weighted by Crippen LogP contribution is -2.39. The van der Waals surface area contributed by atoms with E-state index in [1.807, 2.05) is 24.4 Å². The fraction of sp³-hybridized carbons (Fsp3) is 0.357.